The first kappa shape index (κ1) is 23.0. The van der Waals surface area contributed by atoms with Crippen LogP contribution in [0.1, 0.15) is 44.9 Å². The molecule has 0 aromatic carbocycles. The van der Waals surface area contributed by atoms with Gasteiger partial charge in [-0.15, -0.1) is 24.0 Å². The first-order chi connectivity index (χ1) is 12.0. The number of nitrogens with one attached hydrogen (secondary N) is 2. The lowest BCUT2D eigenvalue weighted by Crippen LogP contribution is -2.49. The van der Waals surface area contributed by atoms with Crippen molar-refractivity contribution in [3.63, 3.8) is 0 Å². The number of carbonyl (C=O) groups excluding carboxylic acids is 2. The molecule has 1 saturated heterocycles. The zero-order chi connectivity index (χ0) is 18.2. The van der Waals surface area contributed by atoms with Crippen molar-refractivity contribution in [2.24, 2.45) is 10.9 Å². The van der Waals surface area contributed by atoms with E-state index >= 15 is 0 Å². The van der Waals surface area contributed by atoms with Gasteiger partial charge in [0.25, 0.3) is 0 Å². The zero-order valence-corrected chi connectivity index (χ0v) is 18.6. The highest BCUT2D eigenvalue weighted by atomic mass is 127. The summed E-state index contributed by atoms with van der Waals surface area (Å²) in [5.41, 5.74) is 0. The van der Waals surface area contributed by atoms with Gasteiger partial charge in [-0.1, -0.05) is 12.8 Å². The molecule has 2 aliphatic rings. The number of likely N-dealkylation sites (N-methyl/N-ethyl adjacent to an activating group) is 1. The topological polar surface area (TPSA) is 77.0 Å². The Morgan fingerprint density at radius 3 is 2.27 bits per heavy atom. The van der Waals surface area contributed by atoms with Crippen molar-refractivity contribution < 1.29 is 9.59 Å². The van der Waals surface area contributed by atoms with Gasteiger partial charge in [-0.25, -0.2) is 4.99 Å². The maximum Gasteiger partial charge on any atom is 0.243 e. The average Bonchev–Trinajstić information content (AvgIpc) is 3.12. The van der Waals surface area contributed by atoms with Gasteiger partial charge in [0.1, 0.15) is 6.54 Å². The van der Waals surface area contributed by atoms with E-state index in [0.29, 0.717) is 18.4 Å². The van der Waals surface area contributed by atoms with E-state index in [0.717, 1.165) is 31.9 Å². The van der Waals surface area contributed by atoms with Gasteiger partial charge in [0.15, 0.2) is 5.96 Å². The molecule has 7 nitrogen and oxygen atoms in total. The molecule has 2 rings (SSSR count). The SMILES string of the molecule is CNC(=O)CC1CCN(C(=NCC(=O)N(C)C)NC2CCCC2)CC1.I. The van der Waals surface area contributed by atoms with Crippen LogP contribution in [0, 0.1) is 5.92 Å². The van der Waals surface area contributed by atoms with E-state index in [1.165, 1.54) is 25.7 Å². The summed E-state index contributed by atoms with van der Waals surface area (Å²) < 4.78 is 0. The molecular formula is C18H34IN5O2. The van der Waals surface area contributed by atoms with Crippen LogP contribution in [0.4, 0.5) is 0 Å². The van der Waals surface area contributed by atoms with E-state index in [9.17, 15) is 9.59 Å². The molecule has 150 valence electrons. The highest BCUT2D eigenvalue weighted by Gasteiger charge is 2.25. The van der Waals surface area contributed by atoms with Crippen molar-refractivity contribution in [1.82, 2.24) is 20.4 Å². The van der Waals surface area contributed by atoms with Crippen molar-refractivity contribution in [2.75, 3.05) is 40.8 Å². The van der Waals surface area contributed by atoms with Crippen LogP contribution in [0.2, 0.25) is 0 Å². The first-order valence-corrected chi connectivity index (χ1v) is 9.46. The predicted octanol–water partition coefficient (Wildman–Crippen LogP) is 1.43. The third-order valence-electron chi connectivity index (χ3n) is 5.22. The summed E-state index contributed by atoms with van der Waals surface area (Å²) in [7, 11) is 5.20. The normalized spacial score (nSPS) is 19.0. The Labute approximate surface area is 174 Å². The van der Waals surface area contributed by atoms with Crippen LogP contribution in [0.15, 0.2) is 4.99 Å². The van der Waals surface area contributed by atoms with Gasteiger partial charge in [-0.3, -0.25) is 9.59 Å². The monoisotopic (exact) mass is 479 g/mol. The third-order valence-corrected chi connectivity index (χ3v) is 5.22. The number of hydrogen-bond donors (Lipinski definition) is 2. The number of aliphatic imine (C=N–C) groups is 1. The fraction of sp³-hybridized carbons (Fsp3) is 0.833. The molecule has 0 unspecified atom stereocenters. The minimum atomic E-state index is 0. The number of piperidine rings is 1. The van der Waals surface area contributed by atoms with Crippen LogP contribution < -0.4 is 10.6 Å². The van der Waals surface area contributed by atoms with Crippen LogP contribution in [0.25, 0.3) is 0 Å². The maximum atomic E-state index is 11.9. The number of guanidine groups is 1. The molecule has 0 atom stereocenters. The Bertz CT molecular complexity index is 484. The summed E-state index contributed by atoms with van der Waals surface area (Å²) in [5, 5.41) is 6.28. The fourth-order valence-corrected chi connectivity index (χ4v) is 3.49. The van der Waals surface area contributed by atoms with Gasteiger partial charge in [0.05, 0.1) is 0 Å². The van der Waals surface area contributed by atoms with E-state index in [-0.39, 0.29) is 42.3 Å². The lowest BCUT2D eigenvalue weighted by Gasteiger charge is -2.35. The molecule has 0 spiro atoms. The molecule has 0 aromatic rings. The second-order valence-corrected chi connectivity index (χ2v) is 7.36. The van der Waals surface area contributed by atoms with Crippen molar-refractivity contribution in [3.8, 4) is 0 Å². The Hall–Kier alpha value is -1.06. The van der Waals surface area contributed by atoms with Crippen LogP contribution in [-0.2, 0) is 9.59 Å². The molecule has 0 radical (unpaired) electrons. The second kappa shape index (κ2) is 11.6. The van der Waals surface area contributed by atoms with Gasteiger partial charge in [-0.2, -0.15) is 0 Å². The Morgan fingerprint density at radius 2 is 1.73 bits per heavy atom. The van der Waals surface area contributed by atoms with E-state index in [2.05, 4.69) is 20.5 Å². The molecule has 8 heteroatoms. The number of halogens is 1. The molecule has 2 N–H and O–H groups in total. The largest absolute Gasteiger partial charge is 0.359 e. The van der Waals surface area contributed by atoms with Crippen molar-refractivity contribution in [1.29, 1.82) is 0 Å². The quantitative estimate of drug-likeness (QED) is 0.356. The third kappa shape index (κ3) is 7.28. The predicted molar refractivity (Wildman–Crippen MR) is 115 cm³/mol. The molecule has 1 aliphatic carbocycles. The highest BCUT2D eigenvalue weighted by Crippen LogP contribution is 2.22. The first-order valence-electron chi connectivity index (χ1n) is 9.46. The molecular weight excluding hydrogens is 445 g/mol. The minimum Gasteiger partial charge on any atom is -0.359 e. The van der Waals surface area contributed by atoms with Gasteiger partial charge in [-0.05, 0) is 31.6 Å². The highest BCUT2D eigenvalue weighted by molar-refractivity contribution is 14.0. The van der Waals surface area contributed by atoms with Crippen LogP contribution in [0.3, 0.4) is 0 Å². The summed E-state index contributed by atoms with van der Waals surface area (Å²) in [6, 6.07) is 0.469. The lowest BCUT2D eigenvalue weighted by atomic mass is 9.93. The number of rotatable bonds is 5. The van der Waals surface area contributed by atoms with Gasteiger partial charge in [0.2, 0.25) is 11.8 Å². The average molecular weight is 479 g/mol. The van der Waals surface area contributed by atoms with Crippen molar-refractivity contribution in [3.05, 3.63) is 0 Å². The summed E-state index contributed by atoms with van der Waals surface area (Å²) in [4.78, 5) is 31.9. The number of amides is 2. The summed E-state index contributed by atoms with van der Waals surface area (Å²) >= 11 is 0. The van der Waals surface area contributed by atoms with Crippen LogP contribution >= 0.6 is 24.0 Å². The fourth-order valence-electron chi connectivity index (χ4n) is 3.49. The molecule has 1 aliphatic heterocycles. The Kier molecular flexibility index (Phi) is 10.3. The number of carbonyl (C=O) groups is 2. The summed E-state index contributed by atoms with van der Waals surface area (Å²) in [6.45, 7) is 1.95. The lowest BCUT2D eigenvalue weighted by molar-refractivity contribution is -0.127. The van der Waals surface area contributed by atoms with Crippen LogP contribution in [0.5, 0.6) is 0 Å². The molecule has 1 heterocycles. The molecule has 1 saturated carbocycles. The molecule has 0 bridgehead atoms. The molecule has 26 heavy (non-hydrogen) atoms. The van der Waals surface area contributed by atoms with Crippen LogP contribution in [-0.4, -0.2) is 74.4 Å². The summed E-state index contributed by atoms with van der Waals surface area (Å²) in [6.07, 6.45) is 7.44. The number of hydrogen-bond acceptors (Lipinski definition) is 3. The van der Waals surface area contributed by atoms with E-state index < -0.39 is 0 Å². The van der Waals surface area contributed by atoms with Gasteiger partial charge < -0.3 is 20.4 Å². The number of likely N-dealkylation sites (tertiary alicyclic amines) is 1. The summed E-state index contributed by atoms with van der Waals surface area (Å²) in [5.74, 6) is 1.43. The molecule has 2 fully saturated rings. The second-order valence-electron chi connectivity index (χ2n) is 7.36. The van der Waals surface area contributed by atoms with E-state index in [1.807, 2.05) is 0 Å². The van der Waals surface area contributed by atoms with Gasteiger partial charge in [0, 0.05) is 46.7 Å². The standard InChI is InChI=1S/C18H33N5O2.HI/c1-19-16(24)12-14-8-10-23(11-9-14)18(20-13-17(25)22(2)3)21-15-6-4-5-7-15;/h14-15H,4-13H2,1-3H3,(H,19,24)(H,20,21);1H. The molecule has 2 amide bonds. The Morgan fingerprint density at radius 1 is 1.12 bits per heavy atom. The molecule has 0 aromatic heterocycles. The zero-order valence-electron chi connectivity index (χ0n) is 16.3. The smallest absolute Gasteiger partial charge is 0.243 e. The van der Waals surface area contributed by atoms with Gasteiger partial charge >= 0.3 is 0 Å². The minimum absolute atomic E-state index is 0. The maximum absolute atomic E-state index is 11.9. The Balaban J connectivity index is 0.00000338. The van der Waals surface area contributed by atoms with E-state index in [1.54, 1.807) is 26.0 Å². The van der Waals surface area contributed by atoms with E-state index in [4.69, 9.17) is 0 Å². The van der Waals surface area contributed by atoms with Crippen molar-refractivity contribution >= 4 is 41.8 Å². The number of nitrogens with zero attached hydrogens (tertiary/aromatic N) is 3. The van der Waals surface area contributed by atoms with Crippen molar-refractivity contribution in [2.45, 2.75) is 51.0 Å².